The largest absolute Gasteiger partial charge is 0.349 e. The van der Waals surface area contributed by atoms with E-state index in [0.717, 1.165) is 16.5 Å². The molecule has 1 aliphatic carbocycles. The van der Waals surface area contributed by atoms with Gasteiger partial charge in [-0.1, -0.05) is 0 Å². The van der Waals surface area contributed by atoms with E-state index in [2.05, 4.69) is 31.3 Å². The Morgan fingerprint density at radius 2 is 2.33 bits per heavy atom. The molecular formula is C9H10BrN5. The number of hydrogen-bond acceptors (Lipinski definition) is 4. The Morgan fingerprint density at radius 1 is 1.53 bits per heavy atom. The van der Waals surface area contributed by atoms with Crippen LogP contribution in [0.2, 0.25) is 0 Å². The molecule has 0 aromatic carbocycles. The van der Waals surface area contributed by atoms with Crippen molar-refractivity contribution in [2.24, 2.45) is 5.73 Å². The lowest BCUT2D eigenvalue weighted by Gasteiger charge is -1.95. The summed E-state index contributed by atoms with van der Waals surface area (Å²) in [5.74, 6) is 0.644. The number of nitrogens with zero attached hydrogens (tertiary/aromatic N) is 3. The van der Waals surface area contributed by atoms with Gasteiger partial charge in [-0.15, -0.1) is 5.10 Å². The molecule has 3 rings (SSSR count). The summed E-state index contributed by atoms with van der Waals surface area (Å²) in [4.78, 5) is 4.33. The Hall–Kier alpha value is -1.14. The number of pyridine rings is 1. The van der Waals surface area contributed by atoms with Crippen LogP contribution in [-0.2, 0) is 0 Å². The standard InChI is InChI=1S/C9H10BrN5/c10-5-1-2-8-13-9(14-15(8)4-5)12-7-3-6(7)11/h1-2,4,6-7H,3,11H2,(H,12,14). The molecule has 2 aromatic rings. The van der Waals surface area contributed by atoms with Crippen LogP contribution in [0, 0.1) is 0 Å². The summed E-state index contributed by atoms with van der Waals surface area (Å²) < 4.78 is 2.72. The summed E-state index contributed by atoms with van der Waals surface area (Å²) in [6.45, 7) is 0. The van der Waals surface area contributed by atoms with E-state index in [1.54, 1.807) is 4.52 Å². The summed E-state index contributed by atoms with van der Waals surface area (Å²) in [6.07, 6.45) is 2.87. The van der Waals surface area contributed by atoms with E-state index < -0.39 is 0 Å². The van der Waals surface area contributed by atoms with Gasteiger partial charge in [0.05, 0.1) is 0 Å². The molecule has 0 radical (unpaired) electrons. The number of nitrogens with one attached hydrogen (secondary N) is 1. The average Bonchev–Trinajstić information content (AvgIpc) is 2.75. The number of hydrogen-bond donors (Lipinski definition) is 2. The number of rotatable bonds is 2. The predicted octanol–water partition coefficient (Wildman–Crippen LogP) is 1.00. The van der Waals surface area contributed by atoms with E-state index in [4.69, 9.17) is 5.73 Å². The summed E-state index contributed by atoms with van der Waals surface area (Å²) in [7, 11) is 0. The maximum absolute atomic E-state index is 5.70. The molecule has 78 valence electrons. The lowest BCUT2D eigenvalue weighted by molar-refractivity contribution is 0.933. The molecule has 1 saturated carbocycles. The van der Waals surface area contributed by atoms with Crippen molar-refractivity contribution >= 4 is 27.5 Å². The average molecular weight is 268 g/mol. The molecule has 0 aliphatic heterocycles. The molecular weight excluding hydrogens is 258 g/mol. The number of fused-ring (bicyclic) bond motifs is 1. The van der Waals surface area contributed by atoms with E-state index >= 15 is 0 Å². The van der Waals surface area contributed by atoms with Crippen molar-refractivity contribution in [3.63, 3.8) is 0 Å². The smallest absolute Gasteiger partial charge is 0.243 e. The highest BCUT2D eigenvalue weighted by Crippen LogP contribution is 2.22. The predicted molar refractivity (Wildman–Crippen MR) is 60.7 cm³/mol. The minimum atomic E-state index is 0.253. The van der Waals surface area contributed by atoms with E-state index in [-0.39, 0.29) is 6.04 Å². The van der Waals surface area contributed by atoms with Crippen LogP contribution in [0.3, 0.4) is 0 Å². The molecule has 6 heteroatoms. The molecule has 0 saturated heterocycles. The van der Waals surface area contributed by atoms with Gasteiger partial charge in [0.1, 0.15) is 0 Å². The van der Waals surface area contributed by atoms with Crippen LogP contribution in [0.15, 0.2) is 22.8 Å². The van der Waals surface area contributed by atoms with E-state index in [0.29, 0.717) is 12.0 Å². The van der Waals surface area contributed by atoms with Gasteiger partial charge in [-0.05, 0) is 34.5 Å². The summed E-state index contributed by atoms with van der Waals surface area (Å²) in [5, 5.41) is 7.49. The fourth-order valence-corrected chi connectivity index (χ4v) is 1.79. The van der Waals surface area contributed by atoms with Crippen LogP contribution in [-0.4, -0.2) is 26.7 Å². The molecule has 0 spiro atoms. The first kappa shape index (κ1) is 9.11. The highest BCUT2D eigenvalue weighted by atomic mass is 79.9. The van der Waals surface area contributed by atoms with Crippen molar-refractivity contribution in [2.75, 3.05) is 5.32 Å². The Balaban J connectivity index is 1.92. The van der Waals surface area contributed by atoms with Crippen molar-refractivity contribution in [3.8, 4) is 0 Å². The van der Waals surface area contributed by atoms with Crippen molar-refractivity contribution in [1.29, 1.82) is 0 Å². The van der Waals surface area contributed by atoms with Gasteiger partial charge in [-0.2, -0.15) is 4.98 Å². The first-order valence-corrected chi connectivity index (χ1v) is 5.56. The van der Waals surface area contributed by atoms with Gasteiger partial charge in [0, 0.05) is 22.8 Å². The van der Waals surface area contributed by atoms with Gasteiger partial charge in [-0.25, -0.2) is 4.52 Å². The van der Waals surface area contributed by atoms with Crippen molar-refractivity contribution < 1.29 is 0 Å². The molecule has 0 bridgehead atoms. The zero-order valence-corrected chi connectivity index (χ0v) is 9.48. The zero-order chi connectivity index (χ0) is 10.4. The van der Waals surface area contributed by atoms with E-state index in [9.17, 15) is 0 Å². The third kappa shape index (κ3) is 1.70. The van der Waals surface area contributed by atoms with Crippen molar-refractivity contribution in [1.82, 2.24) is 14.6 Å². The second kappa shape index (κ2) is 3.18. The number of nitrogens with two attached hydrogens (primary N) is 1. The number of anilines is 1. The highest BCUT2D eigenvalue weighted by molar-refractivity contribution is 9.10. The Bertz CT molecular complexity index is 508. The Morgan fingerprint density at radius 3 is 3.07 bits per heavy atom. The van der Waals surface area contributed by atoms with E-state index in [1.165, 1.54) is 0 Å². The molecule has 0 amide bonds. The van der Waals surface area contributed by atoms with Gasteiger partial charge in [0.2, 0.25) is 5.95 Å². The molecule has 1 aliphatic rings. The molecule has 5 nitrogen and oxygen atoms in total. The molecule has 2 atom stereocenters. The fourth-order valence-electron chi connectivity index (χ4n) is 1.47. The first-order valence-electron chi connectivity index (χ1n) is 4.76. The third-order valence-electron chi connectivity index (χ3n) is 2.45. The number of halogens is 1. The van der Waals surface area contributed by atoms with Crippen LogP contribution >= 0.6 is 15.9 Å². The first-order chi connectivity index (χ1) is 7.22. The van der Waals surface area contributed by atoms with Crippen molar-refractivity contribution in [2.45, 2.75) is 18.5 Å². The van der Waals surface area contributed by atoms with Crippen molar-refractivity contribution in [3.05, 3.63) is 22.8 Å². The second-order valence-corrected chi connectivity index (χ2v) is 4.65. The molecule has 1 fully saturated rings. The topological polar surface area (TPSA) is 68.2 Å². The molecule has 2 aromatic heterocycles. The second-order valence-electron chi connectivity index (χ2n) is 3.74. The van der Waals surface area contributed by atoms with Crippen LogP contribution < -0.4 is 11.1 Å². The molecule has 2 unspecified atom stereocenters. The lowest BCUT2D eigenvalue weighted by Crippen LogP contribution is -2.13. The maximum atomic E-state index is 5.70. The Labute approximate surface area is 94.8 Å². The maximum Gasteiger partial charge on any atom is 0.243 e. The SMILES string of the molecule is NC1CC1Nc1nc2ccc(Br)cn2n1. The van der Waals surface area contributed by atoms with Gasteiger partial charge < -0.3 is 11.1 Å². The van der Waals surface area contributed by atoms with Crippen LogP contribution in [0.25, 0.3) is 5.65 Å². The zero-order valence-electron chi connectivity index (χ0n) is 7.89. The van der Waals surface area contributed by atoms with Crippen LogP contribution in [0.1, 0.15) is 6.42 Å². The quantitative estimate of drug-likeness (QED) is 0.852. The molecule has 15 heavy (non-hydrogen) atoms. The van der Waals surface area contributed by atoms with Gasteiger partial charge in [0.15, 0.2) is 5.65 Å². The highest BCUT2D eigenvalue weighted by Gasteiger charge is 2.34. The van der Waals surface area contributed by atoms with E-state index in [1.807, 2.05) is 18.3 Å². The molecule has 2 heterocycles. The normalized spacial score (nSPS) is 24.4. The van der Waals surface area contributed by atoms with Crippen LogP contribution in [0.5, 0.6) is 0 Å². The summed E-state index contributed by atoms with van der Waals surface area (Å²) in [5.41, 5.74) is 6.53. The van der Waals surface area contributed by atoms with Crippen LogP contribution in [0.4, 0.5) is 5.95 Å². The van der Waals surface area contributed by atoms with Gasteiger partial charge in [-0.3, -0.25) is 0 Å². The number of aromatic nitrogens is 3. The minimum absolute atomic E-state index is 0.253. The monoisotopic (exact) mass is 267 g/mol. The minimum Gasteiger partial charge on any atom is -0.349 e. The Kier molecular flexibility index (Phi) is 1.93. The summed E-state index contributed by atoms with van der Waals surface area (Å²) in [6, 6.07) is 4.44. The fraction of sp³-hybridized carbons (Fsp3) is 0.333. The van der Waals surface area contributed by atoms with Gasteiger partial charge in [0.25, 0.3) is 0 Å². The third-order valence-corrected chi connectivity index (χ3v) is 2.92. The van der Waals surface area contributed by atoms with Gasteiger partial charge >= 0.3 is 0 Å². The summed E-state index contributed by atoms with van der Waals surface area (Å²) >= 11 is 3.39. The molecule has 3 N–H and O–H groups in total. The lowest BCUT2D eigenvalue weighted by atomic mass is 10.5.